The van der Waals surface area contributed by atoms with Gasteiger partial charge in [-0.15, -0.1) is 11.3 Å². The first-order chi connectivity index (χ1) is 13.3. The number of benzene rings is 1. The third-order valence-electron chi connectivity index (χ3n) is 4.39. The minimum Gasteiger partial charge on any atom is -0.484 e. The van der Waals surface area contributed by atoms with E-state index in [9.17, 15) is 4.79 Å². The van der Waals surface area contributed by atoms with Crippen LogP contribution in [0, 0.1) is 0 Å². The third-order valence-corrected chi connectivity index (χ3v) is 5.20. The van der Waals surface area contributed by atoms with E-state index in [4.69, 9.17) is 4.74 Å². The van der Waals surface area contributed by atoms with E-state index in [-0.39, 0.29) is 12.5 Å². The quantitative estimate of drug-likeness (QED) is 0.687. The average molecular weight is 374 g/mol. The minimum absolute atomic E-state index is 0.0236. The molecule has 0 spiro atoms. The summed E-state index contributed by atoms with van der Waals surface area (Å²) in [6.45, 7) is -0.0236. The molecule has 2 aromatic heterocycles. The van der Waals surface area contributed by atoms with Crippen molar-refractivity contribution in [1.29, 1.82) is 0 Å². The summed E-state index contributed by atoms with van der Waals surface area (Å²) in [6.07, 6.45) is 13.0. The van der Waals surface area contributed by atoms with Gasteiger partial charge >= 0.3 is 0 Å². The summed E-state index contributed by atoms with van der Waals surface area (Å²) in [5.41, 5.74) is 3.72. The third kappa shape index (κ3) is 2.78. The van der Waals surface area contributed by atoms with E-state index in [1.807, 2.05) is 58.6 Å². The highest BCUT2D eigenvalue weighted by atomic mass is 32.1. The number of aromatic nitrogens is 3. The summed E-state index contributed by atoms with van der Waals surface area (Å²) >= 11 is 1.56. The van der Waals surface area contributed by atoms with Gasteiger partial charge in [-0.3, -0.25) is 9.69 Å². The number of fused-ring (bicyclic) bond motifs is 2. The molecule has 7 heteroatoms. The number of allylic oxidation sites excluding steroid dienone is 4. The smallest absolute Gasteiger partial charge is 0.269 e. The number of hydrogen-bond donors (Lipinski definition) is 0. The highest BCUT2D eigenvalue weighted by Gasteiger charge is 2.35. The van der Waals surface area contributed by atoms with Crippen LogP contribution >= 0.6 is 11.3 Å². The second-order valence-electron chi connectivity index (χ2n) is 6.02. The largest absolute Gasteiger partial charge is 0.484 e. The molecule has 6 nitrogen and oxygen atoms in total. The standard InChI is InChI=1S/C20H14N4O2S/c25-19(12-26-16-4-1-14(2-5-16)23-9-7-21-13-23)24-15-3-6-17(18(24)11-15)20-22-8-10-27-20/h1-11,13H,12H2. The number of imidazole rings is 1. The molecule has 0 aliphatic carbocycles. The zero-order valence-electron chi connectivity index (χ0n) is 14.1. The molecule has 0 unspecified atom stereocenters. The first kappa shape index (κ1) is 15.8. The molecular weight excluding hydrogens is 360 g/mol. The molecule has 132 valence electrons. The number of carbonyl (C=O) groups excluding carboxylic acids is 1. The van der Waals surface area contributed by atoms with Crippen LogP contribution in [0.15, 0.2) is 84.2 Å². The van der Waals surface area contributed by atoms with Crippen molar-refractivity contribution < 1.29 is 9.53 Å². The van der Waals surface area contributed by atoms with Gasteiger partial charge in [0.15, 0.2) is 6.61 Å². The minimum atomic E-state index is -0.0976. The Hall–Kier alpha value is -3.45. The second kappa shape index (κ2) is 6.37. The summed E-state index contributed by atoms with van der Waals surface area (Å²) in [7, 11) is 0. The van der Waals surface area contributed by atoms with Crippen molar-refractivity contribution in [1.82, 2.24) is 19.4 Å². The Morgan fingerprint density at radius 3 is 2.74 bits per heavy atom. The van der Waals surface area contributed by atoms with Gasteiger partial charge in [0, 0.05) is 35.2 Å². The molecule has 3 aromatic rings. The number of hydrogen-bond acceptors (Lipinski definition) is 5. The van der Waals surface area contributed by atoms with Crippen molar-refractivity contribution in [3.63, 3.8) is 0 Å². The summed E-state index contributed by atoms with van der Waals surface area (Å²) in [5.74, 6) is 0.552. The lowest BCUT2D eigenvalue weighted by atomic mass is 9.97. The molecule has 1 amide bonds. The monoisotopic (exact) mass is 374 g/mol. The fourth-order valence-electron chi connectivity index (χ4n) is 3.07. The Bertz CT molecular complexity index is 1070. The van der Waals surface area contributed by atoms with Crippen molar-refractivity contribution in [2.75, 3.05) is 6.61 Å². The molecule has 1 aromatic carbocycles. The number of rotatable bonds is 5. The van der Waals surface area contributed by atoms with Crippen molar-refractivity contribution >= 4 is 22.8 Å². The van der Waals surface area contributed by atoms with Crippen LogP contribution in [0.3, 0.4) is 0 Å². The lowest BCUT2D eigenvalue weighted by molar-refractivity contribution is -0.130. The second-order valence-corrected chi connectivity index (χ2v) is 6.91. The van der Waals surface area contributed by atoms with Crippen molar-refractivity contribution in [2.24, 2.45) is 0 Å². The zero-order chi connectivity index (χ0) is 18.2. The average Bonchev–Trinajstić information content (AvgIpc) is 3.40. The van der Waals surface area contributed by atoms with Crippen LogP contribution in [0.5, 0.6) is 5.75 Å². The van der Waals surface area contributed by atoms with Crippen LogP contribution in [-0.2, 0) is 4.79 Å². The normalized spacial score (nSPS) is 14.8. The molecule has 0 radical (unpaired) electrons. The lowest BCUT2D eigenvalue weighted by Gasteiger charge is -2.37. The van der Waals surface area contributed by atoms with Gasteiger partial charge in [0.05, 0.1) is 17.7 Å². The summed E-state index contributed by atoms with van der Waals surface area (Å²) in [6, 6.07) is 7.54. The molecule has 5 rings (SSSR count). The van der Waals surface area contributed by atoms with E-state index >= 15 is 0 Å². The molecular formula is C20H14N4O2S. The van der Waals surface area contributed by atoms with Gasteiger partial charge in [-0.25, -0.2) is 9.97 Å². The summed E-state index contributed by atoms with van der Waals surface area (Å²) < 4.78 is 7.59. The molecule has 0 saturated carbocycles. The number of amides is 1. The van der Waals surface area contributed by atoms with Gasteiger partial charge in [0.2, 0.25) is 0 Å². The Morgan fingerprint density at radius 2 is 2.04 bits per heavy atom. The molecule has 2 aliphatic heterocycles. The maximum atomic E-state index is 12.6. The molecule has 0 saturated heterocycles. The number of ether oxygens (including phenoxy) is 1. The molecule has 0 fully saturated rings. The number of carbonyl (C=O) groups is 1. The Balaban J connectivity index is 1.24. The van der Waals surface area contributed by atoms with Gasteiger partial charge in [0.1, 0.15) is 10.8 Å². The van der Waals surface area contributed by atoms with Gasteiger partial charge in [0.25, 0.3) is 5.91 Å². The number of nitrogens with zero attached hydrogens (tertiary/aromatic N) is 4. The van der Waals surface area contributed by atoms with Crippen molar-refractivity contribution in [3.05, 3.63) is 89.2 Å². The fraction of sp³-hybridized carbons (Fsp3) is 0.0500. The van der Waals surface area contributed by atoms with Gasteiger partial charge in [-0.2, -0.15) is 0 Å². The van der Waals surface area contributed by atoms with E-state index in [1.165, 1.54) is 0 Å². The van der Waals surface area contributed by atoms with E-state index in [2.05, 4.69) is 9.97 Å². The van der Waals surface area contributed by atoms with E-state index in [0.29, 0.717) is 5.75 Å². The lowest BCUT2D eigenvalue weighted by Crippen LogP contribution is -2.40. The number of thiazole rings is 1. The maximum Gasteiger partial charge on any atom is 0.269 e. The van der Waals surface area contributed by atoms with E-state index in [0.717, 1.165) is 27.7 Å². The predicted octanol–water partition coefficient (Wildman–Crippen LogP) is 3.41. The maximum absolute atomic E-state index is 12.6. The first-order valence-corrected chi connectivity index (χ1v) is 9.26. The molecule has 0 N–H and O–H groups in total. The van der Waals surface area contributed by atoms with Crippen LogP contribution in [0.4, 0.5) is 0 Å². The van der Waals surface area contributed by atoms with Gasteiger partial charge < -0.3 is 9.30 Å². The van der Waals surface area contributed by atoms with Gasteiger partial charge in [-0.05, 0) is 42.5 Å². The van der Waals surface area contributed by atoms with Crippen molar-refractivity contribution in [3.8, 4) is 11.4 Å². The van der Waals surface area contributed by atoms with Crippen LogP contribution in [0.25, 0.3) is 11.3 Å². The highest BCUT2D eigenvalue weighted by Crippen LogP contribution is 2.41. The van der Waals surface area contributed by atoms with Crippen LogP contribution < -0.4 is 4.74 Å². The molecule has 2 aliphatic rings. The van der Waals surface area contributed by atoms with E-state index < -0.39 is 0 Å². The van der Waals surface area contributed by atoms with Gasteiger partial charge in [-0.1, -0.05) is 0 Å². The first-order valence-electron chi connectivity index (χ1n) is 8.38. The predicted molar refractivity (Wildman–Crippen MR) is 102 cm³/mol. The molecule has 0 atom stereocenters. The Kier molecular flexibility index (Phi) is 3.72. The van der Waals surface area contributed by atoms with E-state index in [1.54, 1.807) is 35.0 Å². The van der Waals surface area contributed by atoms with Crippen molar-refractivity contribution in [2.45, 2.75) is 0 Å². The zero-order valence-corrected chi connectivity index (χ0v) is 15.0. The summed E-state index contributed by atoms with van der Waals surface area (Å²) in [4.78, 5) is 22.7. The fourth-order valence-corrected chi connectivity index (χ4v) is 3.74. The topological polar surface area (TPSA) is 60.3 Å². The summed E-state index contributed by atoms with van der Waals surface area (Å²) in [5, 5.41) is 2.84. The highest BCUT2D eigenvalue weighted by molar-refractivity contribution is 7.10. The molecule has 4 heterocycles. The Labute approximate surface area is 159 Å². The molecule has 27 heavy (non-hydrogen) atoms. The van der Waals surface area contributed by atoms with Crippen LogP contribution in [-0.4, -0.2) is 31.9 Å². The molecule has 2 bridgehead atoms. The Morgan fingerprint density at radius 1 is 1.15 bits per heavy atom. The van der Waals surface area contributed by atoms with Crippen LogP contribution in [0.2, 0.25) is 0 Å². The SMILES string of the molecule is O=C(COc1ccc(-n2ccnc2)cc1)N1C2=CC=C(c3nccs3)C1=C2. The van der Waals surface area contributed by atoms with Crippen LogP contribution in [0.1, 0.15) is 5.01 Å².